The van der Waals surface area contributed by atoms with Gasteiger partial charge >= 0.3 is 0 Å². The molecule has 2 aromatic carbocycles. The molecule has 27 heavy (non-hydrogen) atoms. The molecule has 0 unspecified atom stereocenters. The largest absolute Gasteiger partial charge is 0.496 e. The Morgan fingerprint density at radius 1 is 1.19 bits per heavy atom. The Balaban J connectivity index is 1.72. The second-order valence-electron chi connectivity index (χ2n) is 5.91. The van der Waals surface area contributed by atoms with Gasteiger partial charge in [0.1, 0.15) is 12.3 Å². The maximum absolute atomic E-state index is 12.5. The lowest BCUT2D eigenvalue weighted by molar-refractivity contribution is -0.127. The van der Waals surface area contributed by atoms with Gasteiger partial charge in [-0.05, 0) is 54.1 Å². The van der Waals surface area contributed by atoms with Crippen LogP contribution in [-0.2, 0) is 9.59 Å². The second kappa shape index (κ2) is 8.09. The van der Waals surface area contributed by atoms with E-state index >= 15 is 0 Å². The summed E-state index contributed by atoms with van der Waals surface area (Å²) < 4.78 is 5.28. The van der Waals surface area contributed by atoms with Gasteiger partial charge in [-0.2, -0.15) is 0 Å². The van der Waals surface area contributed by atoms with Crippen molar-refractivity contribution in [2.45, 2.75) is 6.92 Å². The van der Waals surface area contributed by atoms with E-state index in [2.05, 4.69) is 5.32 Å². The lowest BCUT2D eigenvalue weighted by Crippen LogP contribution is -2.36. The summed E-state index contributed by atoms with van der Waals surface area (Å²) in [6.45, 7) is 1.59. The Bertz CT molecular complexity index is 925. The Kier molecular flexibility index (Phi) is 5.61. The first-order valence-corrected chi connectivity index (χ1v) is 9.04. The molecule has 0 spiro atoms. The fourth-order valence-electron chi connectivity index (χ4n) is 2.58. The topological polar surface area (TPSA) is 75.7 Å². The summed E-state index contributed by atoms with van der Waals surface area (Å²) in [7, 11) is 1.57. The van der Waals surface area contributed by atoms with E-state index in [0.29, 0.717) is 11.4 Å². The summed E-state index contributed by atoms with van der Waals surface area (Å²) >= 11 is 0.820. The number of aryl methyl sites for hydroxylation is 1. The van der Waals surface area contributed by atoms with Crippen LogP contribution in [0.3, 0.4) is 0 Å². The van der Waals surface area contributed by atoms with Crippen molar-refractivity contribution in [3.63, 3.8) is 0 Å². The summed E-state index contributed by atoms with van der Waals surface area (Å²) in [6, 6.07) is 14.4. The third-order valence-corrected chi connectivity index (χ3v) is 4.87. The van der Waals surface area contributed by atoms with E-state index in [0.717, 1.165) is 27.8 Å². The van der Waals surface area contributed by atoms with Crippen molar-refractivity contribution in [3.05, 3.63) is 64.6 Å². The standard InChI is InChI=1S/C20H18N2O4S/c1-13-8-9-14(10-16(13)26-2)11-17-19(24)22(20(25)27-17)12-18(23)21-15-6-4-3-5-7-15/h3-11H,12H2,1-2H3,(H,21,23)/b17-11+. The SMILES string of the molecule is COc1cc(/C=C2/SC(=O)N(CC(=O)Nc3ccccc3)C2=O)ccc1C. The molecule has 6 nitrogen and oxygen atoms in total. The summed E-state index contributed by atoms with van der Waals surface area (Å²) in [6.07, 6.45) is 1.63. The van der Waals surface area contributed by atoms with Gasteiger partial charge in [0, 0.05) is 5.69 Å². The predicted molar refractivity (Wildman–Crippen MR) is 105 cm³/mol. The Hall–Kier alpha value is -3.06. The van der Waals surface area contributed by atoms with Crippen LogP contribution in [0.1, 0.15) is 11.1 Å². The molecule has 1 aliphatic rings. The zero-order chi connectivity index (χ0) is 19.4. The smallest absolute Gasteiger partial charge is 0.294 e. The number of hydrogen-bond acceptors (Lipinski definition) is 5. The number of ether oxygens (including phenoxy) is 1. The highest BCUT2D eigenvalue weighted by atomic mass is 32.2. The number of amides is 3. The first-order valence-electron chi connectivity index (χ1n) is 8.23. The van der Waals surface area contributed by atoms with Gasteiger partial charge in [-0.25, -0.2) is 0 Å². The van der Waals surface area contributed by atoms with Crippen LogP contribution in [0.25, 0.3) is 6.08 Å². The Morgan fingerprint density at radius 3 is 2.63 bits per heavy atom. The molecule has 2 aromatic rings. The molecule has 1 N–H and O–H groups in total. The van der Waals surface area contributed by atoms with Crippen molar-refractivity contribution in [2.75, 3.05) is 19.0 Å². The van der Waals surface area contributed by atoms with E-state index in [-0.39, 0.29) is 11.4 Å². The molecule has 1 heterocycles. The van der Waals surface area contributed by atoms with Crippen LogP contribution >= 0.6 is 11.8 Å². The highest BCUT2D eigenvalue weighted by Gasteiger charge is 2.36. The molecule has 0 saturated carbocycles. The minimum Gasteiger partial charge on any atom is -0.496 e. The van der Waals surface area contributed by atoms with Crippen molar-refractivity contribution in [1.82, 2.24) is 4.90 Å². The molecule has 3 amide bonds. The van der Waals surface area contributed by atoms with Gasteiger partial charge in [0.05, 0.1) is 12.0 Å². The fourth-order valence-corrected chi connectivity index (χ4v) is 3.42. The molecular weight excluding hydrogens is 364 g/mol. The number of nitrogens with one attached hydrogen (secondary N) is 1. The van der Waals surface area contributed by atoms with Gasteiger partial charge in [-0.15, -0.1) is 0 Å². The fraction of sp³-hybridized carbons (Fsp3) is 0.150. The van der Waals surface area contributed by atoms with E-state index in [1.807, 2.05) is 25.1 Å². The maximum Gasteiger partial charge on any atom is 0.294 e. The van der Waals surface area contributed by atoms with Crippen LogP contribution in [0.2, 0.25) is 0 Å². The molecule has 7 heteroatoms. The van der Waals surface area contributed by atoms with Crippen LogP contribution in [0.15, 0.2) is 53.4 Å². The average Bonchev–Trinajstić information content (AvgIpc) is 2.91. The van der Waals surface area contributed by atoms with Crippen molar-refractivity contribution >= 4 is 40.6 Å². The van der Waals surface area contributed by atoms with Crippen LogP contribution in [0.4, 0.5) is 10.5 Å². The lowest BCUT2D eigenvalue weighted by atomic mass is 10.1. The molecule has 0 aromatic heterocycles. The van der Waals surface area contributed by atoms with E-state index in [4.69, 9.17) is 4.74 Å². The molecule has 0 aliphatic carbocycles. The zero-order valence-corrected chi connectivity index (χ0v) is 15.7. The van der Waals surface area contributed by atoms with Gasteiger partial charge in [0.2, 0.25) is 5.91 Å². The van der Waals surface area contributed by atoms with E-state index < -0.39 is 17.1 Å². The number of methoxy groups -OCH3 is 1. The first-order chi connectivity index (χ1) is 13.0. The van der Waals surface area contributed by atoms with Gasteiger partial charge in [0.15, 0.2) is 0 Å². The number of imide groups is 1. The average molecular weight is 382 g/mol. The third-order valence-electron chi connectivity index (χ3n) is 3.96. The Labute approximate surface area is 161 Å². The van der Waals surface area contributed by atoms with Crippen LogP contribution in [-0.4, -0.2) is 35.6 Å². The summed E-state index contributed by atoms with van der Waals surface area (Å²) in [5.41, 5.74) is 2.33. The maximum atomic E-state index is 12.5. The number of carbonyl (C=O) groups excluding carboxylic acids is 3. The number of para-hydroxylation sites is 1. The van der Waals surface area contributed by atoms with Crippen LogP contribution in [0, 0.1) is 6.92 Å². The van der Waals surface area contributed by atoms with Crippen molar-refractivity contribution in [1.29, 1.82) is 0 Å². The summed E-state index contributed by atoms with van der Waals surface area (Å²) in [5, 5.41) is 2.20. The normalized spacial score (nSPS) is 15.3. The summed E-state index contributed by atoms with van der Waals surface area (Å²) in [4.78, 5) is 38.1. The number of hydrogen-bond donors (Lipinski definition) is 1. The highest BCUT2D eigenvalue weighted by molar-refractivity contribution is 8.18. The van der Waals surface area contributed by atoms with Crippen molar-refractivity contribution in [3.8, 4) is 5.75 Å². The quantitative estimate of drug-likeness (QED) is 0.799. The first kappa shape index (κ1) is 18.7. The molecule has 1 aliphatic heterocycles. The molecule has 0 radical (unpaired) electrons. The van der Waals surface area contributed by atoms with Crippen molar-refractivity contribution < 1.29 is 19.1 Å². The van der Waals surface area contributed by atoms with E-state index in [1.54, 1.807) is 43.5 Å². The van der Waals surface area contributed by atoms with Gasteiger partial charge in [-0.3, -0.25) is 19.3 Å². The molecule has 1 fully saturated rings. The van der Waals surface area contributed by atoms with Gasteiger partial charge < -0.3 is 10.1 Å². The second-order valence-corrected chi connectivity index (χ2v) is 6.90. The Morgan fingerprint density at radius 2 is 1.93 bits per heavy atom. The number of rotatable bonds is 5. The van der Waals surface area contributed by atoms with E-state index in [1.165, 1.54) is 0 Å². The zero-order valence-electron chi connectivity index (χ0n) is 14.9. The van der Waals surface area contributed by atoms with Crippen LogP contribution in [0.5, 0.6) is 5.75 Å². The number of anilines is 1. The molecule has 0 atom stereocenters. The lowest BCUT2D eigenvalue weighted by Gasteiger charge is -2.12. The monoisotopic (exact) mass is 382 g/mol. The minimum absolute atomic E-state index is 0.276. The van der Waals surface area contributed by atoms with E-state index in [9.17, 15) is 14.4 Å². The highest BCUT2D eigenvalue weighted by Crippen LogP contribution is 2.33. The van der Waals surface area contributed by atoms with Gasteiger partial charge in [0.25, 0.3) is 11.1 Å². The summed E-state index contributed by atoms with van der Waals surface area (Å²) in [5.74, 6) is -0.209. The molecular formula is C20H18N2O4S. The molecule has 0 bridgehead atoms. The van der Waals surface area contributed by atoms with Crippen LogP contribution < -0.4 is 10.1 Å². The predicted octanol–water partition coefficient (Wildman–Crippen LogP) is 3.68. The molecule has 1 saturated heterocycles. The van der Waals surface area contributed by atoms with Crippen molar-refractivity contribution in [2.24, 2.45) is 0 Å². The number of thioether (sulfide) groups is 1. The number of benzene rings is 2. The minimum atomic E-state index is -0.479. The van der Waals surface area contributed by atoms with Gasteiger partial charge in [-0.1, -0.05) is 30.3 Å². The molecule has 3 rings (SSSR count). The molecule has 138 valence electrons. The number of carbonyl (C=O) groups is 3. The third kappa shape index (κ3) is 4.38. The number of nitrogens with zero attached hydrogens (tertiary/aromatic N) is 1.